The second kappa shape index (κ2) is 1.62. The molecule has 0 aliphatic carbocycles. The quantitative estimate of drug-likeness (QED) is 0.482. The molecular weight excluding hydrogens is 112 g/mol. The summed E-state index contributed by atoms with van der Waals surface area (Å²) >= 11 is 0. The first-order valence-corrected chi connectivity index (χ1v) is 2.81. The van der Waals surface area contributed by atoms with E-state index in [-0.39, 0.29) is 0 Å². The molecule has 44 valence electrons. The van der Waals surface area contributed by atoms with Crippen molar-refractivity contribution in [3.63, 3.8) is 0 Å². The molecule has 0 fully saturated rings. The van der Waals surface area contributed by atoms with Crippen LogP contribution in [0.5, 0.6) is 0 Å². The van der Waals surface area contributed by atoms with Gasteiger partial charge in [0.1, 0.15) is 0 Å². The predicted octanol–water partition coefficient (Wildman–Crippen LogP) is 2.23. The molecule has 1 aromatic carbocycles. The zero-order valence-corrected chi connectivity index (χ0v) is 4.79. The van der Waals surface area contributed by atoms with Gasteiger partial charge in [-0.15, -0.1) is 29.0 Å². The van der Waals surface area contributed by atoms with Crippen molar-refractivity contribution in [3.05, 3.63) is 36.8 Å². The maximum Gasteiger partial charge on any atom is 0.0349 e. The highest BCUT2D eigenvalue weighted by molar-refractivity contribution is 5.80. The fourth-order valence-electron chi connectivity index (χ4n) is 0.849. The molecule has 1 heteroatoms. The molecule has 1 nitrogen and oxygen atoms in total. The van der Waals surface area contributed by atoms with E-state index in [9.17, 15) is 0 Å². The monoisotopic (exact) mass is 117 g/mol. The molecule has 0 spiro atoms. The first kappa shape index (κ1) is 4.62. The predicted molar refractivity (Wildman–Crippen MR) is 35.1 cm³/mol. The Hall–Kier alpha value is -1.24. The van der Waals surface area contributed by atoms with Crippen molar-refractivity contribution in [3.8, 4) is 0 Å². The molecule has 0 aliphatic heterocycles. The highest BCUT2D eigenvalue weighted by atomic mass is 16.3. The molecule has 0 unspecified atom stereocenters. The van der Waals surface area contributed by atoms with Crippen LogP contribution in [-0.2, 0) is 0 Å². The van der Waals surface area contributed by atoms with Crippen LogP contribution in [0.4, 0.5) is 0 Å². The van der Waals surface area contributed by atoms with Crippen LogP contribution in [0.15, 0.2) is 34.9 Å². The van der Waals surface area contributed by atoms with E-state index >= 15 is 0 Å². The molecule has 2 rings (SSSR count). The van der Waals surface area contributed by atoms with Gasteiger partial charge in [-0.05, 0) is 6.26 Å². The van der Waals surface area contributed by atoms with Gasteiger partial charge in [0.05, 0.1) is 0 Å². The van der Waals surface area contributed by atoms with Crippen molar-refractivity contribution in [2.75, 3.05) is 0 Å². The summed E-state index contributed by atoms with van der Waals surface area (Å²) in [5.41, 5.74) is 0. The minimum atomic E-state index is 1.04. The van der Waals surface area contributed by atoms with Gasteiger partial charge >= 0.3 is 0 Å². The Bertz CT molecular complexity index is 279. The largest absolute Gasteiger partial charge is 0.565 e. The summed E-state index contributed by atoms with van der Waals surface area (Å²) in [7, 11) is 0. The van der Waals surface area contributed by atoms with Gasteiger partial charge in [-0.25, -0.2) is 0 Å². The minimum absolute atomic E-state index is 1.04. The molecule has 0 atom stereocenters. The Morgan fingerprint density at radius 1 is 1.22 bits per heavy atom. The van der Waals surface area contributed by atoms with E-state index in [1.54, 1.807) is 6.26 Å². The summed E-state index contributed by atoms with van der Waals surface area (Å²) in [5, 5.41) is 2.15. The molecule has 0 aliphatic rings. The maximum absolute atomic E-state index is 4.84. The van der Waals surface area contributed by atoms with Crippen LogP contribution in [0.1, 0.15) is 0 Å². The normalized spacial score (nSPS) is 10.2. The third-order valence-electron chi connectivity index (χ3n) is 1.32. The summed E-state index contributed by atoms with van der Waals surface area (Å²) < 4.78 is 4.84. The van der Waals surface area contributed by atoms with Gasteiger partial charge in [-0.1, -0.05) is 6.07 Å². The summed E-state index contributed by atoms with van der Waals surface area (Å²) in [4.78, 5) is 0. The summed E-state index contributed by atoms with van der Waals surface area (Å²) in [6.07, 6.45) is 4.43. The van der Waals surface area contributed by atoms with Crippen molar-refractivity contribution in [1.29, 1.82) is 0 Å². The topological polar surface area (TPSA) is 13.1 Å². The van der Waals surface area contributed by atoms with Gasteiger partial charge in [-0.2, -0.15) is 0 Å². The standard InChI is InChI=1S/C8H5O/c1-2-4-8-6-9-5-7(8)3-1/h1-5H/q-1. The lowest BCUT2D eigenvalue weighted by molar-refractivity contribution is 0.563. The van der Waals surface area contributed by atoms with Crippen LogP contribution in [0, 0.1) is 6.26 Å². The van der Waals surface area contributed by atoms with Crippen molar-refractivity contribution < 1.29 is 4.42 Å². The number of furan rings is 1. The van der Waals surface area contributed by atoms with E-state index in [0.29, 0.717) is 0 Å². The van der Waals surface area contributed by atoms with Crippen LogP contribution in [0.3, 0.4) is 0 Å². The lowest BCUT2D eigenvalue weighted by Gasteiger charge is -1.89. The number of rotatable bonds is 0. The molecule has 9 heavy (non-hydrogen) atoms. The number of fused-ring (bicyclic) bond motifs is 1. The second-order valence-corrected chi connectivity index (χ2v) is 1.93. The number of hydrogen-bond acceptors (Lipinski definition) is 1. The summed E-state index contributed by atoms with van der Waals surface area (Å²) in [5.74, 6) is 0. The average Bonchev–Trinajstić information content (AvgIpc) is 2.33. The zero-order chi connectivity index (χ0) is 6.10. The Kier molecular flexibility index (Phi) is 0.833. The highest BCUT2D eigenvalue weighted by Crippen LogP contribution is 2.12. The van der Waals surface area contributed by atoms with Crippen molar-refractivity contribution in [2.45, 2.75) is 0 Å². The third kappa shape index (κ3) is 0.617. The minimum Gasteiger partial charge on any atom is -0.565 e. The van der Waals surface area contributed by atoms with Gasteiger partial charge < -0.3 is 4.42 Å². The summed E-state index contributed by atoms with van der Waals surface area (Å²) in [6, 6.07) is 7.91. The van der Waals surface area contributed by atoms with E-state index in [2.05, 4.69) is 6.26 Å². The molecule has 0 amide bonds. The fraction of sp³-hybridized carbons (Fsp3) is 0. The van der Waals surface area contributed by atoms with Crippen LogP contribution in [-0.4, -0.2) is 0 Å². The molecule has 0 N–H and O–H groups in total. The first-order chi connectivity index (χ1) is 4.47. The Morgan fingerprint density at radius 3 is 3.00 bits per heavy atom. The van der Waals surface area contributed by atoms with Gasteiger partial charge in [0.2, 0.25) is 0 Å². The van der Waals surface area contributed by atoms with Gasteiger partial charge in [-0.3, -0.25) is 0 Å². The fourth-order valence-corrected chi connectivity index (χ4v) is 0.849. The molecular formula is C8H5O-. The first-order valence-electron chi connectivity index (χ1n) is 2.81. The molecule has 0 bridgehead atoms. The molecule has 2 aromatic rings. The third-order valence-corrected chi connectivity index (χ3v) is 1.32. The van der Waals surface area contributed by atoms with Crippen molar-refractivity contribution in [2.24, 2.45) is 0 Å². The molecule has 0 radical (unpaired) electrons. The van der Waals surface area contributed by atoms with Crippen LogP contribution < -0.4 is 0 Å². The van der Waals surface area contributed by atoms with Gasteiger partial charge in [0.15, 0.2) is 0 Å². The van der Waals surface area contributed by atoms with Gasteiger partial charge in [0, 0.05) is 6.26 Å². The smallest absolute Gasteiger partial charge is 0.0349 e. The van der Waals surface area contributed by atoms with Crippen LogP contribution >= 0.6 is 0 Å². The highest BCUT2D eigenvalue weighted by Gasteiger charge is 1.79. The van der Waals surface area contributed by atoms with E-state index in [0.717, 1.165) is 10.8 Å². The SMILES string of the molecule is [c-]1occ2ccccc12. The Balaban J connectivity index is 2.95. The zero-order valence-electron chi connectivity index (χ0n) is 4.79. The Morgan fingerprint density at radius 2 is 2.11 bits per heavy atom. The lowest BCUT2D eigenvalue weighted by atomic mass is 10.2. The number of benzene rings is 1. The average molecular weight is 117 g/mol. The van der Waals surface area contributed by atoms with Gasteiger partial charge in [0.25, 0.3) is 0 Å². The van der Waals surface area contributed by atoms with E-state index in [1.165, 1.54) is 0 Å². The molecule has 0 saturated heterocycles. The van der Waals surface area contributed by atoms with E-state index in [4.69, 9.17) is 4.42 Å². The van der Waals surface area contributed by atoms with Crippen molar-refractivity contribution >= 4 is 10.8 Å². The lowest BCUT2D eigenvalue weighted by Crippen LogP contribution is -1.57. The van der Waals surface area contributed by atoms with E-state index < -0.39 is 0 Å². The second-order valence-electron chi connectivity index (χ2n) is 1.93. The molecule has 1 aromatic heterocycles. The molecule has 1 heterocycles. The maximum atomic E-state index is 4.84. The van der Waals surface area contributed by atoms with Crippen molar-refractivity contribution in [1.82, 2.24) is 0 Å². The molecule has 0 saturated carbocycles. The Labute approximate surface area is 52.9 Å². The van der Waals surface area contributed by atoms with Crippen LogP contribution in [0.2, 0.25) is 0 Å². The van der Waals surface area contributed by atoms with E-state index in [1.807, 2.05) is 24.3 Å². The summed E-state index contributed by atoms with van der Waals surface area (Å²) in [6.45, 7) is 0. The number of hydrogen-bond donors (Lipinski definition) is 0. The van der Waals surface area contributed by atoms with Crippen LogP contribution in [0.25, 0.3) is 10.8 Å².